The van der Waals surface area contributed by atoms with Gasteiger partial charge in [-0.1, -0.05) is 0 Å². The molecule has 1 aromatic heterocycles. The van der Waals surface area contributed by atoms with Crippen LogP contribution in [0.1, 0.15) is 25.8 Å². The molecule has 100 valence electrons. The van der Waals surface area contributed by atoms with Crippen molar-refractivity contribution >= 4 is 22.9 Å². The average Bonchev–Trinajstić information content (AvgIpc) is 2.77. The predicted octanol–water partition coefficient (Wildman–Crippen LogP) is 2.61. The largest absolute Gasteiger partial charge is 0.399 e. The summed E-state index contributed by atoms with van der Waals surface area (Å²) in [4.78, 5) is 19.3. The number of nitrogen functional groups attached to an aromatic ring is 1. The Morgan fingerprint density at radius 2 is 2.16 bits per heavy atom. The van der Waals surface area contributed by atoms with E-state index in [1.807, 2.05) is 26.1 Å². The normalized spacial score (nSPS) is 10.5. The average molecular weight is 275 g/mol. The van der Waals surface area contributed by atoms with Crippen molar-refractivity contribution in [3.8, 4) is 0 Å². The van der Waals surface area contributed by atoms with Crippen molar-refractivity contribution in [1.29, 1.82) is 0 Å². The molecular formula is C14H17N3OS. The SMILES string of the molecule is Cc1ncc(CN(C)C(=O)c2ccc(N)c(C)c2)s1. The number of benzene rings is 1. The zero-order chi connectivity index (χ0) is 14.0. The first-order valence-corrected chi connectivity index (χ1v) is 6.82. The van der Waals surface area contributed by atoms with E-state index >= 15 is 0 Å². The molecule has 5 heteroatoms. The van der Waals surface area contributed by atoms with E-state index in [0.29, 0.717) is 17.8 Å². The van der Waals surface area contributed by atoms with Crippen molar-refractivity contribution in [3.05, 3.63) is 45.4 Å². The van der Waals surface area contributed by atoms with Gasteiger partial charge in [-0.3, -0.25) is 4.79 Å². The molecule has 2 rings (SSSR count). The molecule has 0 atom stereocenters. The molecule has 0 saturated carbocycles. The summed E-state index contributed by atoms with van der Waals surface area (Å²) in [7, 11) is 1.79. The summed E-state index contributed by atoms with van der Waals surface area (Å²) in [6.45, 7) is 4.44. The van der Waals surface area contributed by atoms with E-state index < -0.39 is 0 Å². The van der Waals surface area contributed by atoms with Crippen LogP contribution in [0.5, 0.6) is 0 Å². The molecule has 1 amide bonds. The standard InChI is InChI=1S/C14H17N3OS/c1-9-6-11(4-5-13(9)15)14(18)17(3)8-12-7-16-10(2)19-12/h4-7H,8,15H2,1-3H3. The Labute approximate surface area is 116 Å². The van der Waals surface area contributed by atoms with Crippen LogP contribution < -0.4 is 5.73 Å². The lowest BCUT2D eigenvalue weighted by Gasteiger charge is -2.16. The first-order valence-electron chi connectivity index (χ1n) is 6.00. The number of anilines is 1. The molecule has 4 nitrogen and oxygen atoms in total. The highest BCUT2D eigenvalue weighted by Gasteiger charge is 2.13. The number of nitrogens with two attached hydrogens (primary N) is 1. The van der Waals surface area contributed by atoms with Gasteiger partial charge in [-0.25, -0.2) is 4.98 Å². The Hall–Kier alpha value is -1.88. The fraction of sp³-hybridized carbons (Fsp3) is 0.286. The number of thiazole rings is 1. The molecule has 0 aliphatic carbocycles. The highest BCUT2D eigenvalue weighted by atomic mass is 32.1. The number of amides is 1. The van der Waals surface area contributed by atoms with Gasteiger partial charge in [-0.2, -0.15) is 0 Å². The molecule has 1 heterocycles. The first-order chi connectivity index (χ1) is 8.97. The molecule has 19 heavy (non-hydrogen) atoms. The van der Waals surface area contributed by atoms with Crippen LogP contribution in [-0.4, -0.2) is 22.8 Å². The number of hydrogen-bond donors (Lipinski definition) is 1. The van der Waals surface area contributed by atoms with Gasteiger partial charge in [-0.15, -0.1) is 11.3 Å². The monoisotopic (exact) mass is 275 g/mol. The number of aryl methyl sites for hydroxylation is 2. The van der Waals surface area contributed by atoms with E-state index in [1.54, 1.807) is 35.4 Å². The van der Waals surface area contributed by atoms with Crippen molar-refractivity contribution in [1.82, 2.24) is 9.88 Å². The van der Waals surface area contributed by atoms with Crippen LogP contribution in [0.4, 0.5) is 5.69 Å². The maximum absolute atomic E-state index is 12.3. The molecule has 0 saturated heterocycles. The number of rotatable bonds is 3. The number of aromatic nitrogens is 1. The Kier molecular flexibility index (Phi) is 3.85. The summed E-state index contributed by atoms with van der Waals surface area (Å²) in [5, 5.41) is 1.01. The van der Waals surface area contributed by atoms with Crippen molar-refractivity contribution in [3.63, 3.8) is 0 Å². The Morgan fingerprint density at radius 1 is 1.42 bits per heavy atom. The second-order valence-corrected chi connectivity index (χ2v) is 5.90. The molecule has 2 aromatic rings. The van der Waals surface area contributed by atoms with Gasteiger partial charge >= 0.3 is 0 Å². The predicted molar refractivity (Wildman–Crippen MR) is 78.2 cm³/mol. The van der Waals surface area contributed by atoms with Gasteiger partial charge < -0.3 is 10.6 Å². The number of carbonyl (C=O) groups excluding carboxylic acids is 1. The fourth-order valence-corrected chi connectivity index (χ4v) is 2.66. The van der Waals surface area contributed by atoms with Crippen LogP contribution in [0.25, 0.3) is 0 Å². The summed E-state index contributed by atoms with van der Waals surface area (Å²) < 4.78 is 0. The van der Waals surface area contributed by atoms with Crippen molar-refractivity contribution in [2.24, 2.45) is 0 Å². The van der Waals surface area contributed by atoms with Crippen molar-refractivity contribution in [2.75, 3.05) is 12.8 Å². The van der Waals surface area contributed by atoms with Crippen LogP contribution in [0.2, 0.25) is 0 Å². The minimum absolute atomic E-state index is 0.00541. The molecule has 0 bridgehead atoms. The van der Waals surface area contributed by atoms with Crippen LogP contribution in [0.15, 0.2) is 24.4 Å². The van der Waals surface area contributed by atoms with E-state index in [4.69, 9.17) is 5.73 Å². The summed E-state index contributed by atoms with van der Waals surface area (Å²) in [5.74, 6) is -0.00541. The molecule has 2 N–H and O–H groups in total. The summed E-state index contributed by atoms with van der Waals surface area (Å²) in [6.07, 6.45) is 1.82. The van der Waals surface area contributed by atoms with Gasteiger partial charge in [-0.05, 0) is 37.6 Å². The molecule has 1 aromatic carbocycles. The number of carbonyl (C=O) groups is 1. The lowest BCUT2D eigenvalue weighted by molar-refractivity contribution is 0.0786. The Morgan fingerprint density at radius 3 is 2.74 bits per heavy atom. The van der Waals surface area contributed by atoms with Crippen LogP contribution in [-0.2, 0) is 6.54 Å². The second-order valence-electron chi connectivity index (χ2n) is 4.58. The van der Waals surface area contributed by atoms with Gasteiger partial charge in [0.05, 0.1) is 11.6 Å². The Balaban J connectivity index is 2.12. The second kappa shape index (κ2) is 5.40. The highest BCUT2D eigenvalue weighted by Crippen LogP contribution is 2.17. The van der Waals surface area contributed by atoms with E-state index in [-0.39, 0.29) is 5.91 Å². The quantitative estimate of drug-likeness (QED) is 0.876. The lowest BCUT2D eigenvalue weighted by Crippen LogP contribution is -2.25. The van der Waals surface area contributed by atoms with Gasteiger partial charge in [0.1, 0.15) is 0 Å². The molecule has 0 spiro atoms. The third kappa shape index (κ3) is 3.12. The molecule has 0 aliphatic rings. The first kappa shape index (κ1) is 13.5. The fourth-order valence-electron chi connectivity index (χ4n) is 1.81. The maximum Gasteiger partial charge on any atom is 0.253 e. The van der Waals surface area contributed by atoms with E-state index in [0.717, 1.165) is 15.4 Å². The number of hydrogen-bond acceptors (Lipinski definition) is 4. The van der Waals surface area contributed by atoms with Gasteiger partial charge in [0.25, 0.3) is 5.91 Å². The summed E-state index contributed by atoms with van der Waals surface area (Å²) in [5.41, 5.74) is 8.05. The van der Waals surface area contributed by atoms with Gasteiger partial charge in [0.15, 0.2) is 0 Å². The van der Waals surface area contributed by atoms with Crippen molar-refractivity contribution in [2.45, 2.75) is 20.4 Å². The van der Waals surface area contributed by atoms with Gasteiger partial charge in [0, 0.05) is 29.4 Å². The van der Waals surface area contributed by atoms with E-state index in [9.17, 15) is 4.79 Å². The van der Waals surface area contributed by atoms with Crippen LogP contribution in [0, 0.1) is 13.8 Å². The smallest absolute Gasteiger partial charge is 0.253 e. The third-order valence-corrected chi connectivity index (χ3v) is 3.82. The minimum atomic E-state index is -0.00541. The topological polar surface area (TPSA) is 59.2 Å². The third-order valence-electron chi connectivity index (χ3n) is 2.93. The summed E-state index contributed by atoms with van der Waals surface area (Å²) >= 11 is 1.61. The van der Waals surface area contributed by atoms with E-state index in [2.05, 4.69) is 4.98 Å². The zero-order valence-corrected chi connectivity index (χ0v) is 12.1. The molecule has 0 fully saturated rings. The van der Waals surface area contributed by atoms with Gasteiger partial charge in [0.2, 0.25) is 0 Å². The lowest BCUT2D eigenvalue weighted by atomic mass is 10.1. The molecule has 0 unspecified atom stereocenters. The summed E-state index contributed by atoms with van der Waals surface area (Å²) in [6, 6.07) is 5.36. The highest BCUT2D eigenvalue weighted by molar-refractivity contribution is 7.11. The molecule has 0 radical (unpaired) electrons. The zero-order valence-electron chi connectivity index (χ0n) is 11.3. The molecule has 0 aliphatic heterocycles. The Bertz CT molecular complexity index is 606. The van der Waals surface area contributed by atoms with Crippen molar-refractivity contribution < 1.29 is 4.79 Å². The van der Waals surface area contributed by atoms with Crippen LogP contribution in [0.3, 0.4) is 0 Å². The minimum Gasteiger partial charge on any atom is -0.399 e. The maximum atomic E-state index is 12.3. The van der Waals surface area contributed by atoms with E-state index in [1.165, 1.54) is 0 Å². The molecular weight excluding hydrogens is 258 g/mol. The number of nitrogens with zero attached hydrogens (tertiary/aromatic N) is 2. The van der Waals surface area contributed by atoms with Crippen LogP contribution >= 0.6 is 11.3 Å².